The number of hydrogen-bond acceptors (Lipinski definition) is 4. The van der Waals surface area contributed by atoms with E-state index in [2.05, 4.69) is 22.1 Å². The van der Waals surface area contributed by atoms with E-state index in [1.807, 2.05) is 0 Å². The molecule has 0 saturated carbocycles. The van der Waals surface area contributed by atoms with E-state index < -0.39 is 18.2 Å². The van der Waals surface area contributed by atoms with Gasteiger partial charge in [0.2, 0.25) is 5.60 Å². The van der Waals surface area contributed by atoms with E-state index >= 15 is 0 Å². The predicted octanol–water partition coefficient (Wildman–Crippen LogP) is 2.02. The Morgan fingerprint density at radius 2 is 2.00 bits per heavy atom. The van der Waals surface area contributed by atoms with Gasteiger partial charge in [0.05, 0.1) is 0 Å². The van der Waals surface area contributed by atoms with Crippen molar-refractivity contribution in [3.8, 4) is 0 Å². The zero-order valence-electron chi connectivity index (χ0n) is 14.3. The molecule has 24 heavy (non-hydrogen) atoms. The van der Waals surface area contributed by atoms with Crippen molar-refractivity contribution in [3.05, 3.63) is 18.2 Å². The summed E-state index contributed by atoms with van der Waals surface area (Å²) < 4.78 is 41.5. The Hall–Kier alpha value is -1.12. The van der Waals surface area contributed by atoms with Gasteiger partial charge in [-0.05, 0) is 45.4 Å². The van der Waals surface area contributed by atoms with Crippen LogP contribution in [0, 0.1) is 0 Å². The van der Waals surface area contributed by atoms with Crippen LogP contribution in [-0.4, -0.2) is 58.0 Å². The minimum absolute atomic E-state index is 0.0985. The Balaban J connectivity index is 1.90. The van der Waals surface area contributed by atoms with Crippen LogP contribution in [0.15, 0.2) is 12.4 Å². The maximum atomic E-state index is 13.4. The zero-order chi connectivity index (χ0) is 17.8. The maximum Gasteiger partial charge on any atom is 0.424 e. The minimum atomic E-state index is -4.77. The highest BCUT2D eigenvalue weighted by Crippen LogP contribution is 2.40. The van der Waals surface area contributed by atoms with E-state index in [-0.39, 0.29) is 18.4 Å². The van der Waals surface area contributed by atoms with Gasteiger partial charge in [-0.15, -0.1) is 0 Å². The van der Waals surface area contributed by atoms with Crippen LogP contribution >= 0.6 is 0 Å². The van der Waals surface area contributed by atoms with Crippen molar-refractivity contribution < 1.29 is 18.3 Å². The van der Waals surface area contributed by atoms with Crippen molar-refractivity contribution in [2.75, 3.05) is 26.2 Å². The Bertz CT molecular complexity index is 512. The third-order valence-corrected chi connectivity index (χ3v) is 4.71. The molecule has 5 nitrogen and oxygen atoms in total. The first-order chi connectivity index (χ1) is 11.3. The summed E-state index contributed by atoms with van der Waals surface area (Å²) in [5.74, 6) is -0.366. The molecule has 1 saturated heterocycles. The fourth-order valence-electron chi connectivity index (χ4n) is 3.28. The molecule has 1 aromatic heterocycles. The first-order valence-corrected chi connectivity index (χ1v) is 8.50. The summed E-state index contributed by atoms with van der Waals surface area (Å²) in [6.45, 7) is 5.24. The van der Waals surface area contributed by atoms with E-state index in [1.54, 1.807) is 0 Å². The lowest BCUT2D eigenvalue weighted by Gasteiger charge is -2.34. The predicted molar refractivity (Wildman–Crippen MR) is 85.5 cm³/mol. The molecule has 1 aliphatic rings. The molecule has 0 bridgehead atoms. The Kier molecular flexibility index (Phi) is 6.28. The maximum absolute atomic E-state index is 13.4. The number of aryl methyl sites for hydroxylation is 1. The summed E-state index contributed by atoms with van der Waals surface area (Å²) in [6, 6.07) is 0.206. The molecule has 1 unspecified atom stereocenters. The number of halogens is 3. The monoisotopic (exact) mass is 348 g/mol. The lowest BCUT2D eigenvalue weighted by atomic mass is 9.96. The third kappa shape index (κ3) is 4.29. The molecule has 2 heterocycles. The molecule has 2 N–H and O–H groups in total. The van der Waals surface area contributed by atoms with Gasteiger partial charge in [0.1, 0.15) is 5.82 Å². The van der Waals surface area contributed by atoms with E-state index in [1.165, 1.54) is 24.0 Å². The van der Waals surface area contributed by atoms with Gasteiger partial charge in [-0.2, -0.15) is 13.2 Å². The number of nitrogens with one attached hydrogen (secondary N) is 1. The second-order valence-electron chi connectivity index (χ2n) is 6.54. The summed E-state index contributed by atoms with van der Waals surface area (Å²) in [6.07, 6.45) is 0.417. The zero-order valence-corrected chi connectivity index (χ0v) is 14.3. The second kappa shape index (κ2) is 7.84. The number of aromatic nitrogens is 2. The number of hydrogen-bond donors (Lipinski definition) is 2. The van der Waals surface area contributed by atoms with E-state index in [0.29, 0.717) is 0 Å². The van der Waals surface area contributed by atoms with Gasteiger partial charge < -0.3 is 19.9 Å². The number of alkyl halides is 3. The standard InChI is InChI=1S/C16H27F3N4O/c1-3-9-23-10-4-13(5-11-23)20-7-6-15(24,16(17,18)19)14-21-8-12-22(14)2/h8,12-13,20,24H,3-7,9-11H2,1-2H3. The number of aliphatic hydroxyl groups is 1. The van der Waals surface area contributed by atoms with E-state index in [0.717, 1.165) is 38.9 Å². The molecule has 1 fully saturated rings. The summed E-state index contributed by atoms with van der Waals surface area (Å²) in [5.41, 5.74) is -2.93. The first-order valence-electron chi connectivity index (χ1n) is 8.50. The summed E-state index contributed by atoms with van der Waals surface area (Å²) in [4.78, 5) is 6.08. The highest BCUT2D eigenvalue weighted by molar-refractivity contribution is 5.08. The first kappa shape index (κ1) is 19.2. The van der Waals surface area contributed by atoms with Crippen LogP contribution in [0.1, 0.15) is 38.4 Å². The van der Waals surface area contributed by atoms with Crippen LogP contribution < -0.4 is 5.32 Å². The van der Waals surface area contributed by atoms with Crippen LogP contribution in [-0.2, 0) is 12.6 Å². The van der Waals surface area contributed by atoms with Crippen LogP contribution in [0.3, 0.4) is 0 Å². The van der Waals surface area contributed by atoms with Crippen LogP contribution in [0.4, 0.5) is 13.2 Å². The van der Waals surface area contributed by atoms with Gasteiger partial charge in [-0.3, -0.25) is 0 Å². The van der Waals surface area contributed by atoms with Crippen LogP contribution in [0.25, 0.3) is 0 Å². The minimum Gasteiger partial charge on any atom is -0.374 e. The fourth-order valence-corrected chi connectivity index (χ4v) is 3.28. The third-order valence-electron chi connectivity index (χ3n) is 4.71. The lowest BCUT2D eigenvalue weighted by Crippen LogP contribution is -2.48. The molecule has 1 atom stereocenters. The highest BCUT2D eigenvalue weighted by atomic mass is 19.4. The molecule has 0 aromatic carbocycles. The van der Waals surface area contributed by atoms with E-state index in [9.17, 15) is 18.3 Å². The fraction of sp³-hybridized carbons (Fsp3) is 0.812. The van der Waals surface area contributed by atoms with Gasteiger partial charge in [-0.25, -0.2) is 4.98 Å². The van der Waals surface area contributed by atoms with Gasteiger partial charge >= 0.3 is 6.18 Å². The Morgan fingerprint density at radius 3 is 2.50 bits per heavy atom. The molecule has 0 radical (unpaired) electrons. The topological polar surface area (TPSA) is 53.3 Å². The van der Waals surface area contributed by atoms with Crippen molar-refractivity contribution >= 4 is 0 Å². The largest absolute Gasteiger partial charge is 0.424 e. The van der Waals surface area contributed by atoms with Crippen LogP contribution in [0.5, 0.6) is 0 Å². The van der Waals surface area contributed by atoms with Gasteiger partial charge in [0, 0.05) is 31.9 Å². The number of likely N-dealkylation sites (tertiary alicyclic amines) is 1. The van der Waals surface area contributed by atoms with Crippen molar-refractivity contribution in [1.82, 2.24) is 19.8 Å². The smallest absolute Gasteiger partial charge is 0.374 e. The molecule has 0 aliphatic carbocycles. The highest BCUT2D eigenvalue weighted by Gasteiger charge is 2.57. The number of imidazole rings is 1. The molecular formula is C16H27F3N4O. The average molecular weight is 348 g/mol. The quantitative estimate of drug-likeness (QED) is 0.792. The number of piperidine rings is 1. The summed E-state index contributed by atoms with van der Waals surface area (Å²) >= 11 is 0. The van der Waals surface area contributed by atoms with E-state index in [4.69, 9.17) is 0 Å². The summed E-state index contributed by atoms with van der Waals surface area (Å²) in [5, 5.41) is 13.4. The Morgan fingerprint density at radius 1 is 1.33 bits per heavy atom. The van der Waals surface area contributed by atoms with Crippen LogP contribution in [0.2, 0.25) is 0 Å². The molecule has 8 heteroatoms. The van der Waals surface area contributed by atoms with Crippen molar-refractivity contribution in [2.45, 2.75) is 50.4 Å². The molecule has 0 spiro atoms. The van der Waals surface area contributed by atoms with Crippen molar-refractivity contribution in [2.24, 2.45) is 7.05 Å². The Labute approximate surface area is 140 Å². The normalized spacial score (nSPS) is 20.2. The molecule has 2 rings (SSSR count). The van der Waals surface area contributed by atoms with Gasteiger partial charge in [0.25, 0.3) is 0 Å². The number of nitrogens with zero attached hydrogens (tertiary/aromatic N) is 3. The second-order valence-corrected chi connectivity index (χ2v) is 6.54. The molecular weight excluding hydrogens is 321 g/mol. The molecule has 1 aliphatic heterocycles. The van der Waals surface area contributed by atoms with Gasteiger partial charge in [0.15, 0.2) is 0 Å². The number of rotatable bonds is 7. The lowest BCUT2D eigenvalue weighted by molar-refractivity contribution is -0.272. The van der Waals surface area contributed by atoms with Crippen molar-refractivity contribution in [1.29, 1.82) is 0 Å². The average Bonchev–Trinajstić information content (AvgIpc) is 2.94. The summed E-state index contributed by atoms with van der Waals surface area (Å²) in [7, 11) is 1.45. The molecule has 0 amide bonds. The molecule has 1 aromatic rings. The van der Waals surface area contributed by atoms with Crippen molar-refractivity contribution in [3.63, 3.8) is 0 Å². The van der Waals surface area contributed by atoms with Gasteiger partial charge in [-0.1, -0.05) is 6.92 Å². The molecule has 138 valence electrons. The SMILES string of the molecule is CCCN1CCC(NCCC(O)(c2nccn2C)C(F)(F)F)CC1.